The smallest absolute Gasteiger partial charge is 0.358 e. The number of benzene rings is 1. The number of para-hydroxylation sites is 1. The maximum Gasteiger partial charge on any atom is 0.406 e. The van der Waals surface area contributed by atoms with E-state index < -0.39 is 12.7 Å². The lowest BCUT2D eigenvalue weighted by molar-refractivity contribution is -0.141. The molecule has 0 saturated heterocycles. The van der Waals surface area contributed by atoms with Crippen molar-refractivity contribution < 1.29 is 18.0 Å². The lowest BCUT2D eigenvalue weighted by Gasteiger charge is -2.12. The Hall–Kier alpha value is -3.14. The number of carbonyl (C=O) groups excluding carboxylic acids is 1. The Labute approximate surface area is 173 Å². The minimum atomic E-state index is -4.46. The number of carbonyl (C=O) groups is 1. The molecule has 0 fully saturated rings. The molecule has 0 saturated carbocycles. The molecule has 0 aliphatic rings. The number of nitrogens with zero attached hydrogens (tertiary/aromatic N) is 4. The summed E-state index contributed by atoms with van der Waals surface area (Å²) >= 11 is 0.937. The largest absolute Gasteiger partial charge is 0.406 e. The van der Waals surface area contributed by atoms with Crippen LogP contribution in [-0.4, -0.2) is 42.4 Å². The number of thioether (sulfide) groups is 1. The Balaban J connectivity index is 1.62. The van der Waals surface area contributed by atoms with Gasteiger partial charge in [0, 0.05) is 40.1 Å². The van der Waals surface area contributed by atoms with Crippen LogP contribution in [-0.2, 0) is 6.54 Å². The Morgan fingerprint density at radius 1 is 1.13 bits per heavy atom. The molecule has 1 aromatic carbocycles. The first-order valence-corrected chi connectivity index (χ1v) is 9.95. The zero-order chi connectivity index (χ0) is 21.3. The summed E-state index contributed by atoms with van der Waals surface area (Å²) in [5, 5.41) is 8.66. The van der Waals surface area contributed by atoms with Gasteiger partial charge in [-0.2, -0.15) is 13.2 Å². The number of H-pyrrole nitrogens is 1. The van der Waals surface area contributed by atoms with Crippen LogP contribution in [0.1, 0.15) is 16.1 Å². The first-order chi connectivity index (χ1) is 14.3. The van der Waals surface area contributed by atoms with Crippen molar-refractivity contribution in [3.63, 3.8) is 0 Å². The van der Waals surface area contributed by atoms with Gasteiger partial charge >= 0.3 is 6.18 Å². The lowest BCUT2D eigenvalue weighted by Crippen LogP contribution is -2.19. The van der Waals surface area contributed by atoms with Gasteiger partial charge in [0.05, 0.1) is 5.75 Å². The summed E-state index contributed by atoms with van der Waals surface area (Å²) < 4.78 is 40.5. The van der Waals surface area contributed by atoms with E-state index >= 15 is 0 Å². The van der Waals surface area contributed by atoms with Crippen LogP contribution in [0.5, 0.6) is 0 Å². The molecule has 0 bridgehead atoms. The first kappa shape index (κ1) is 20.1. The molecule has 1 N–H and O–H groups in total. The third-order valence-corrected chi connectivity index (χ3v) is 5.46. The summed E-state index contributed by atoms with van der Waals surface area (Å²) in [6.07, 6.45) is -1.52. The van der Waals surface area contributed by atoms with Crippen molar-refractivity contribution in [2.24, 2.45) is 0 Å². The summed E-state index contributed by atoms with van der Waals surface area (Å²) in [7, 11) is 0. The third kappa shape index (κ3) is 4.09. The second-order valence-electron chi connectivity index (χ2n) is 6.63. The second kappa shape index (κ2) is 7.94. The summed E-state index contributed by atoms with van der Waals surface area (Å²) in [5.74, 6) is -0.176. The topological polar surface area (TPSA) is 76.5 Å². The van der Waals surface area contributed by atoms with E-state index in [4.69, 9.17) is 0 Å². The molecule has 0 aliphatic heterocycles. The molecule has 4 aromatic rings. The number of aryl methyl sites for hydroxylation is 1. The van der Waals surface area contributed by atoms with Crippen molar-refractivity contribution in [3.8, 4) is 11.4 Å². The van der Waals surface area contributed by atoms with Crippen molar-refractivity contribution in [2.45, 2.75) is 24.8 Å². The highest BCUT2D eigenvalue weighted by molar-refractivity contribution is 7.99. The minimum absolute atomic E-state index is 0.0324. The number of alkyl halides is 3. The van der Waals surface area contributed by atoms with E-state index in [1.807, 2.05) is 24.3 Å². The van der Waals surface area contributed by atoms with Gasteiger partial charge in [-0.3, -0.25) is 14.3 Å². The summed E-state index contributed by atoms with van der Waals surface area (Å²) in [6.45, 7) is 0.548. The van der Waals surface area contributed by atoms with E-state index in [1.165, 1.54) is 12.4 Å². The molecule has 6 nitrogen and oxygen atoms in total. The number of fused-ring (bicyclic) bond motifs is 1. The van der Waals surface area contributed by atoms with Crippen molar-refractivity contribution in [2.75, 3.05) is 5.75 Å². The number of hydrogen-bond acceptors (Lipinski definition) is 5. The normalized spacial score (nSPS) is 11.9. The highest BCUT2D eigenvalue weighted by Crippen LogP contribution is 2.30. The van der Waals surface area contributed by atoms with Crippen LogP contribution in [0.2, 0.25) is 0 Å². The molecule has 3 aromatic heterocycles. The molecule has 4 rings (SSSR count). The number of halogens is 3. The van der Waals surface area contributed by atoms with Crippen LogP contribution in [0, 0.1) is 6.92 Å². The number of Topliss-reactive ketones (excluding diaryl/α,β-unsaturated/α-hetero) is 1. The fraction of sp³-hybridized carbons (Fsp3) is 0.200. The summed E-state index contributed by atoms with van der Waals surface area (Å²) in [5.41, 5.74) is 2.56. The van der Waals surface area contributed by atoms with Crippen LogP contribution < -0.4 is 0 Å². The highest BCUT2D eigenvalue weighted by Gasteiger charge is 2.31. The predicted octanol–water partition coefficient (Wildman–Crippen LogP) is 4.67. The van der Waals surface area contributed by atoms with Gasteiger partial charge in [0.1, 0.15) is 6.54 Å². The minimum Gasteiger partial charge on any atom is -0.358 e. The van der Waals surface area contributed by atoms with Gasteiger partial charge in [-0.1, -0.05) is 30.0 Å². The molecule has 0 amide bonds. The van der Waals surface area contributed by atoms with Gasteiger partial charge in [0.15, 0.2) is 16.8 Å². The quantitative estimate of drug-likeness (QED) is 0.355. The standard InChI is InChI=1S/C20H16F3N5OS/c1-12-17(14-4-2-3-5-15(14)25-12)16(29)10-30-19-27-26-18(13-6-8-24-9-7-13)28(19)11-20(21,22)23/h2-9,25H,10-11H2,1H3. The number of hydrogen-bond donors (Lipinski definition) is 1. The monoisotopic (exact) mass is 431 g/mol. The number of rotatable bonds is 6. The Bertz CT molecular complexity index is 1200. The molecule has 154 valence electrons. The maximum atomic E-state index is 13.2. The molecular weight excluding hydrogens is 415 g/mol. The van der Waals surface area contributed by atoms with E-state index in [1.54, 1.807) is 19.1 Å². The van der Waals surface area contributed by atoms with E-state index in [0.29, 0.717) is 11.1 Å². The van der Waals surface area contributed by atoms with E-state index in [9.17, 15) is 18.0 Å². The molecule has 0 spiro atoms. The lowest BCUT2D eigenvalue weighted by atomic mass is 10.1. The maximum absolute atomic E-state index is 13.2. The zero-order valence-corrected chi connectivity index (χ0v) is 16.6. The molecular formula is C20H16F3N5OS. The molecule has 0 radical (unpaired) electrons. The fourth-order valence-corrected chi connectivity index (χ4v) is 4.08. The van der Waals surface area contributed by atoms with E-state index in [0.717, 1.165) is 32.9 Å². The average Bonchev–Trinajstić information content (AvgIpc) is 3.25. The average molecular weight is 431 g/mol. The number of pyridine rings is 1. The number of nitrogens with one attached hydrogen (secondary N) is 1. The van der Waals surface area contributed by atoms with Gasteiger partial charge in [-0.25, -0.2) is 0 Å². The molecule has 0 unspecified atom stereocenters. The van der Waals surface area contributed by atoms with Crippen LogP contribution in [0.25, 0.3) is 22.3 Å². The van der Waals surface area contributed by atoms with E-state index in [-0.39, 0.29) is 22.5 Å². The number of aromatic nitrogens is 5. The van der Waals surface area contributed by atoms with Crippen molar-refractivity contribution in [1.82, 2.24) is 24.7 Å². The summed E-state index contributed by atoms with van der Waals surface area (Å²) in [6, 6.07) is 10.5. The van der Waals surface area contributed by atoms with Gasteiger partial charge in [0.2, 0.25) is 0 Å². The first-order valence-electron chi connectivity index (χ1n) is 8.97. The van der Waals surface area contributed by atoms with Gasteiger partial charge in [-0.15, -0.1) is 10.2 Å². The van der Waals surface area contributed by atoms with Crippen molar-refractivity contribution >= 4 is 28.4 Å². The number of ketones is 1. The second-order valence-corrected chi connectivity index (χ2v) is 7.57. The third-order valence-electron chi connectivity index (χ3n) is 4.50. The Morgan fingerprint density at radius 2 is 1.87 bits per heavy atom. The molecule has 30 heavy (non-hydrogen) atoms. The van der Waals surface area contributed by atoms with Crippen LogP contribution in [0.15, 0.2) is 53.9 Å². The van der Waals surface area contributed by atoms with Gasteiger partial charge in [-0.05, 0) is 25.1 Å². The van der Waals surface area contributed by atoms with Crippen LogP contribution in [0.3, 0.4) is 0 Å². The van der Waals surface area contributed by atoms with Crippen molar-refractivity contribution in [3.05, 3.63) is 60.0 Å². The summed E-state index contributed by atoms with van der Waals surface area (Å²) in [4.78, 5) is 19.9. The molecule has 3 heterocycles. The number of aromatic amines is 1. The Kier molecular flexibility index (Phi) is 5.33. The van der Waals surface area contributed by atoms with Crippen molar-refractivity contribution in [1.29, 1.82) is 0 Å². The SMILES string of the molecule is Cc1[nH]c2ccccc2c1C(=O)CSc1nnc(-c2ccncc2)n1CC(F)(F)F. The Morgan fingerprint density at radius 3 is 2.60 bits per heavy atom. The zero-order valence-electron chi connectivity index (χ0n) is 15.8. The molecule has 0 aliphatic carbocycles. The van der Waals surface area contributed by atoms with Crippen LogP contribution >= 0.6 is 11.8 Å². The molecule has 10 heteroatoms. The predicted molar refractivity (Wildman–Crippen MR) is 107 cm³/mol. The van der Waals surface area contributed by atoms with Gasteiger partial charge in [0.25, 0.3) is 0 Å². The van der Waals surface area contributed by atoms with Crippen LogP contribution in [0.4, 0.5) is 13.2 Å². The fourth-order valence-electron chi connectivity index (χ4n) is 3.27. The van der Waals surface area contributed by atoms with Gasteiger partial charge < -0.3 is 4.98 Å². The molecule has 0 atom stereocenters. The highest BCUT2D eigenvalue weighted by atomic mass is 32.2. The van der Waals surface area contributed by atoms with E-state index in [2.05, 4.69) is 20.2 Å².